The third-order valence-corrected chi connectivity index (χ3v) is 9.02. The van der Waals surface area contributed by atoms with E-state index in [9.17, 15) is 31.2 Å². The predicted octanol–water partition coefficient (Wildman–Crippen LogP) is 2.90. The Kier molecular flexibility index (Phi) is 6.88. The summed E-state index contributed by atoms with van der Waals surface area (Å²) in [7, 11) is -1.77. The average Bonchev–Trinajstić information content (AvgIpc) is 3.21. The van der Waals surface area contributed by atoms with Crippen molar-refractivity contribution in [3.05, 3.63) is 22.6 Å². The number of amides is 2. The first-order valence-electron chi connectivity index (χ1n) is 11.0. The molecule has 9 nitrogen and oxygen atoms in total. The molecule has 2 saturated heterocycles. The number of piperidine rings is 1. The van der Waals surface area contributed by atoms with Crippen LogP contribution in [-0.2, 0) is 20.8 Å². The summed E-state index contributed by atoms with van der Waals surface area (Å²) in [5, 5.41) is 3.79. The molecule has 0 aromatic carbocycles. The maximum Gasteiger partial charge on any atom is 0.417 e. The standard InChI is InChI=1S/C21H25F3N4O5S2/c1-12-11-35(31,32)8-7-28(12)20(30)33-13-3-5-27(6-4-13)16-9-15(21(22,23)24)18-17(26-16)14(10-34-18)19(29)25-2/h9-10,12-13H,3-8,11H2,1-2H3,(H,25,29). The fourth-order valence-electron chi connectivity index (χ4n) is 4.35. The molecule has 2 aromatic heterocycles. The summed E-state index contributed by atoms with van der Waals surface area (Å²) in [4.78, 5) is 32.2. The van der Waals surface area contributed by atoms with E-state index < -0.39 is 45.7 Å². The molecule has 0 bridgehead atoms. The van der Waals surface area contributed by atoms with Crippen molar-refractivity contribution in [3.63, 3.8) is 0 Å². The lowest BCUT2D eigenvalue weighted by Crippen LogP contribution is -2.51. The smallest absolute Gasteiger partial charge is 0.417 e. The van der Waals surface area contributed by atoms with Crippen LogP contribution in [0.4, 0.5) is 23.8 Å². The number of pyridine rings is 1. The quantitative estimate of drug-likeness (QED) is 0.645. The second-order valence-corrected chi connectivity index (χ2v) is 11.8. The Labute approximate surface area is 204 Å². The molecule has 2 aliphatic heterocycles. The normalized spacial score (nSPS) is 21.2. The lowest BCUT2D eigenvalue weighted by atomic mass is 10.1. The first kappa shape index (κ1) is 25.5. The number of hydrogen-bond donors (Lipinski definition) is 1. The number of thiophene rings is 1. The molecule has 192 valence electrons. The van der Waals surface area contributed by atoms with Gasteiger partial charge in [-0.05, 0) is 13.0 Å². The summed E-state index contributed by atoms with van der Waals surface area (Å²) in [5.74, 6) is -0.634. The van der Waals surface area contributed by atoms with Gasteiger partial charge in [-0.1, -0.05) is 0 Å². The molecule has 2 aromatic rings. The van der Waals surface area contributed by atoms with Crippen LogP contribution in [0.25, 0.3) is 10.2 Å². The van der Waals surface area contributed by atoms with Crippen molar-refractivity contribution < 1.29 is 35.9 Å². The van der Waals surface area contributed by atoms with E-state index in [1.165, 1.54) is 17.3 Å². The summed E-state index contributed by atoms with van der Waals surface area (Å²) >= 11 is 0.826. The highest BCUT2D eigenvalue weighted by Gasteiger charge is 2.37. The van der Waals surface area contributed by atoms with Crippen molar-refractivity contribution in [3.8, 4) is 0 Å². The molecule has 0 radical (unpaired) electrons. The Bertz CT molecular complexity index is 1240. The van der Waals surface area contributed by atoms with Crippen molar-refractivity contribution >= 4 is 49.2 Å². The zero-order chi connectivity index (χ0) is 25.5. The molecule has 35 heavy (non-hydrogen) atoms. The Morgan fingerprint density at radius 2 is 1.91 bits per heavy atom. The molecule has 4 heterocycles. The van der Waals surface area contributed by atoms with Gasteiger partial charge < -0.3 is 19.9 Å². The number of sulfone groups is 1. The largest absolute Gasteiger partial charge is 0.446 e. The number of nitrogens with zero attached hydrogens (tertiary/aromatic N) is 3. The summed E-state index contributed by atoms with van der Waals surface area (Å²) in [6, 6.07) is 0.507. The van der Waals surface area contributed by atoms with Crippen molar-refractivity contribution in [1.29, 1.82) is 0 Å². The number of nitrogens with one attached hydrogen (secondary N) is 1. The van der Waals surface area contributed by atoms with Gasteiger partial charge >= 0.3 is 12.3 Å². The van der Waals surface area contributed by atoms with Crippen LogP contribution in [0.2, 0.25) is 0 Å². The summed E-state index contributed by atoms with van der Waals surface area (Å²) in [6.07, 6.45) is -4.90. The number of carbonyl (C=O) groups excluding carboxylic acids is 2. The number of rotatable bonds is 3. The first-order chi connectivity index (χ1) is 16.4. The van der Waals surface area contributed by atoms with Crippen LogP contribution in [0.15, 0.2) is 11.4 Å². The van der Waals surface area contributed by atoms with Crippen LogP contribution >= 0.6 is 11.3 Å². The van der Waals surface area contributed by atoms with E-state index in [1.54, 1.807) is 11.8 Å². The molecule has 0 saturated carbocycles. The van der Waals surface area contributed by atoms with Gasteiger partial charge in [-0.15, -0.1) is 11.3 Å². The summed E-state index contributed by atoms with van der Waals surface area (Å²) < 4.78 is 70.3. The van der Waals surface area contributed by atoms with E-state index in [1.807, 2.05) is 0 Å². The molecule has 2 aliphatic rings. The van der Waals surface area contributed by atoms with Gasteiger partial charge in [-0.3, -0.25) is 4.79 Å². The summed E-state index contributed by atoms with van der Waals surface area (Å²) in [6.45, 7) is 2.33. The fourth-order valence-corrected chi connectivity index (χ4v) is 6.93. The highest BCUT2D eigenvalue weighted by atomic mass is 32.2. The number of fused-ring (bicyclic) bond motifs is 1. The Balaban J connectivity index is 1.48. The number of alkyl halides is 3. The van der Waals surface area contributed by atoms with Gasteiger partial charge in [0, 0.05) is 50.9 Å². The van der Waals surface area contributed by atoms with Crippen molar-refractivity contribution in [2.45, 2.75) is 38.1 Å². The predicted molar refractivity (Wildman–Crippen MR) is 125 cm³/mol. The van der Waals surface area contributed by atoms with Gasteiger partial charge in [0.2, 0.25) is 0 Å². The number of ether oxygens (including phenoxy) is 1. The van der Waals surface area contributed by atoms with Crippen LogP contribution in [0.3, 0.4) is 0 Å². The van der Waals surface area contributed by atoms with Crippen LogP contribution in [0.1, 0.15) is 35.7 Å². The second-order valence-electron chi connectivity index (χ2n) is 8.66. The molecule has 0 spiro atoms. The van der Waals surface area contributed by atoms with Gasteiger partial charge in [0.15, 0.2) is 9.84 Å². The monoisotopic (exact) mass is 534 g/mol. The Morgan fingerprint density at radius 1 is 1.23 bits per heavy atom. The molecule has 0 aliphatic carbocycles. The topological polar surface area (TPSA) is 109 Å². The molecular weight excluding hydrogens is 509 g/mol. The van der Waals surface area contributed by atoms with Crippen LogP contribution < -0.4 is 10.2 Å². The number of aromatic nitrogens is 1. The van der Waals surface area contributed by atoms with Gasteiger partial charge in [-0.25, -0.2) is 18.2 Å². The minimum absolute atomic E-state index is 0.00163. The second kappa shape index (κ2) is 9.45. The highest BCUT2D eigenvalue weighted by Crippen LogP contribution is 2.40. The fraction of sp³-hybridized carbons (Fsp3) is 0.571. The lowest BCUT2D eigenvalue weighted by molar-refractivity contribution is -0.136. The van der Waals surface area contributed by atoms with E-state index in [0.717, 1.165) is 17.4 Å². The van der Waals surface area contributed by atoms with Gasteiger partial charge in [-0.2, -0.15) is 13.2 Å². The van der Waals surface area contributed by atoms with Crippen LogP contribution in [0, 0.1) is 0 Å². The number of carbonyl (C=O) groups is 2. The van der Waals surface area contributed by atoms with Crippen molar-refractivity contribution in [2.24, 2.45) is 0 Å². The van der Waals surface area contributed by atoms with E-state index in [-0.39, 0.29) is 39.6 Å². The SMILES string of the molecule is CNC(=O)c1csc2c(C(F)(F)F)cc(N3CCC(OC(=O)N4CCS(=O)(=O)CC4C)CC3)nc12. The third-order valence-electron chi connectivity index (χ3n) is 6.22. The molecule has 2 fully saturated rings. The molecule has 1 atom stereocenters. The molecule has 1 N–H and O–H groups in total. The van der Waals surface area contributed by atoms with E-state index in [4.69, 9.17) is 4.74 Å². The van der Waals surface area contributed by atoms with Crippen LogP contribution in [-0.4, -0.2) is 80.6 Å². The maximum absolute atomic E-state index is 13.8. The average molecular weight is 535 g/mol. The van der Waals surface area contributed by atoms with Gasteiger partial charge in [0.1, 0.15) is 11.9 Å². The highest BCUT2D eigenvalue weighted by molar-refractivity contribution is 7.91. The number of anilines is 1. The van der Waals surface area contributed by atoms with E-state index >= 15 is 0 Å². The molecule has 2 amide bonds. The first-order valence-corrected chi connectivity index (χ1v) is 13.7. The summed E-state index contributed by atoms with van der Waals surface area (Å²) in [5.41, 5.74) is -0.761. The van der Waals surface area contributed by atoms with E-state index in [2.05, 4.69) is 10.3 Å². The van der Waals surface area contributed by atoms with Gasteiger partial charge in [0.05, 0.1) is 32.8 Å². The van der Waals surface area contributed by atoms with Gasteiger partial charge in [0.25, 0.3) is 5.91 Å². The third kappa shape index (κ3) is 5.32. The number of halogens is 3. The minimum Gasteiger partial charge on any atom is -0.446 e. The lowest BCUT2D eigenvalue weighted by Gasteiger charge is -2.36. The van der Waals surface area contributed by atoms with Crippen LogP contribution in [0.5, 0.6) is 0 Å². The zero-order valence-corrected chi connectivity index (χ0v) is 20.7. The number of hydrogen-bond acceptors (Lipinski definition) is 8. The molecular formula is C21H25F3N4O5S2. The van der Waals surface area contributed by atoms with Crippen molar-refractivity contribution in [2.75, 3.05) is 43.1 Å². The Hall–Kier alpha value is -2.61. The van der Waals surface area contributed by atoms with Crippen molar-refractivity contribution in [1.82, 2.24) is 15.2 Å². The molecule has 4 rings (SSSR count). The molecule has 1 unspecified atom stereocenters. The maximum atomic E-state index is 13.8. The zero-order valence-electron chi connectivity index (χ0n) is 19.1. The minimum atomic E-state index is -4.62. The molecule has 14 heteroatoms. The Morgan fingerprint density at radius 3 is 2.51 bits per heavy atom. The van der Waals surface area contributed by atoms with E-state index in [0.29, 0.717) is 25.9 Å².